The van der Waals surface area contributed by atoms with Crippen molar-refractivity contribution >= 4 is 11.8 Å². The highest BCUT2D eigenvalue weighted by atomic mass is 16.3. The third-order valence-corrected chi connectivity index (χ3v) is 2.64. The molecule has 0 aliphatic carbocycles. The Kier molecular flexibility index (Phi) is 7.80. The molecule has 0 saturated carbocycles. The van der Waals surface area contributed by atoms with Gasteiger partial charge in [0.1, 0.15) is 6.10 Å². The van der Waals surface area contributed by atoms with E-state index in [9.17, 15) is 14.7 Å². The van der Waals surface area contributed by atoms with Crippen LogP contribution >= 0.6 is 0 Å². The fraction of sp³-hybridized carbons (Fsp3) is 0.692. The molecule has 2 amide bonds. The van der Waals surface area contributed by atoms with Gasteiger partial charge < -0.3 is 20.8 Å². The summed E-state index contributed by atoms with van der Waals surface area (Å²) in [5.41, 5.74) is -0.918. The topological polar surface area (TPSA) is 98.7 Å². The van der Waals surface area contributed by atoms with Gasteiger partial charge in [-0.25, -0.2) is 0 Å². The van der Waals surface area contributed by atoms with E-state index in [1.54, 1.807) is 13.8 Å². The van der Waals surface area contributed by atoms with E-state index in [4.69, 9.17) is 11.5 Å². The van der Waals surface area contributed by atoms with Crippen molar-refractivity contribution in [3.05, 3.63) is 0 Å². The van der Waals surface area contributed by atoms with E-state index in [0.29, 0.717) is 13.0 Å². The van der Waals surface area contributed by atoms with E-state index in [1.165, 1.54) is 0 Å². The highest BCUT2D eigenvalue weighted by Crippen LogP contribution is 2.19. The number of nitrogens with one attached hydrogen (secondary N) is 2. The van der Waals surface area contributed by atoms with Crippen LogP contribution in [0.3, 0.4) is 0 Å². The minimum Gasteiger partial charge on any atom is -0.396 e. The maximum Gasteiger partial charge on any atom is 0.249 e. The summed E-state index contributed by atoms with van der Waals surface area (Å²) < 4.78 is 0. The van der Waals surface area contributed by atoms with Gasteiger partial charge >= 0.3 is 0 Å². The molecule has 0 unspecified atom stereocenters. The number of terminal acetylenes is 1. The van der Waals surface area contributed by atoms with E-state index in [2.05, 4.69) is 16.6 Å². The molecule has 1 atom stereocenters. The van der Waals surface area contributed by atoms with Crippen molar-refractivity contribution in [3.8, 4) is 12.3 Å². The lowest BCUT2D eigenvalue weighted by atomic mass is 9.87. The lowest BCUT2D eigenvalue weighted by Gasteiger charge is -2.27. The first kappa shape index (κ1) is 17.4. The van der Waals surface area contributed by atoms with Crippen molar-refractivity contribution < 1.29 is 19.8 Å². The lowest BCUT2D eigenvalue weighted by molar-refractivity contribution is -0.137. The van der Waals surface area contributed by atoms with Crippen molar-refractivity contribution in [2.75, 3.05) is 19.7 Å². The molecule has 19 heavy (non-hydrogen) atoms. The molecular formula is C13H22N2O4. The predicted molar refractivity (Wildman–Crippen MR) is 71.0 cm³/mol. The molecule has 0 aliphatic heterocycles. The molecule has 0 aromatic rings. The van der Waals surface area contributed by atoms with E-state index in [1.807, 2.05) is 0 Å². The average Bonchev–Trinajstić information content (AvgIpc) is 2.38. The molecular weight excluding hydrogens is 248 g/mol. The Balaban J connectivity index is 3.92. The number of rotatable bonds is 8. The zero-order valence-corrected chi connectivity index (χ0v) is 11.4. The van der Waals surface area contributed by atoms with Gasteiger partial charge in [0.05, 0.1) is 6.61 Å². The van der Waals surface area contributed by atoms with Crippen LogP contribution in [-0.4, -0.2) is 47.8 Å². The number of aliphatic hydroxyl groups excluding tert-OH is 2. The summed E-state index contributed by atoms with van der Waals surface area (Å²) in [6.07, 6.45) is 4.29. The largest absolute Gasteiger partial charge is 0.396 e. The quantitative estimate of drug-likeness (QED) is 0.336. The summed E-state index contributed by atoms with van der Waals surface area (Å²) in [5.74, 6) is 1.58. The Labute approximate surface area is 113 Å². The van der Waals surface area contributed by atoms with Gasteiger partial charge in [0.2, 0.25) is 11.8 Å². The number of carbonyl (C=O) groups is 2. The summed E-state index contributed by atoms with van der Waals surface area (Å²) >= 11 is 0. The molecule has 0 fully saturated rings. The molecule has 108 valence electrons. The fourth-order valence-corrected chi connectivity index (χ4v) is 1.20. The standard InChI is InChI=1S/C13H22N2O4/c1-4-5-7-14-10(17)6-8-15-12(19)11(18)13(2,3)9-16/h1,11,16,18H,5-9H2,2-3H3,(H,14,17)(H,15,19)/t11-/m0/s1. The van der Waals surface area contributed by atoms with Crippen molar-refractivity contribution in [2.24, 2.45) is 5.41 Å². The number of hydrogen-bond donors (Lipinski definition) is 4. The van der Waals surface area contributed by atoms with Gasteiger partial charge in [-0.2, -0.15) is 0 Å². The van der Waals surface area contributed by atoms with Gasteiger partial charge in [0.25, 0.3) is 0 Å². The Morgan fingerprint density at radius 3 is 2.47 bits per heavy atom. The second kappa shape index (κ2) is 8.51. The van der Waals surface area contributed by atoms with Crippen LogP contribution in [0.1, 0.15) is 26.7 Å². The molecule has 0 rings (SSSR count). The maximum absolute atomic E-state index is 11.6. The number of aliphatic hydroxyl groups is 2. The lowest BCUT2D eigenvalue weighted by Crippen LogP contribution is -2.46. The van der Waals surface area contributed by atoms with E-state index < -0.39 is 17.4 Å². The highest BCUT2D eigenvalue weighted by Gasteiger charge is 2.32. The molecule has 4 N–H and O–H groups in total. The molecule has 0 aromatic heterocycles. The Morgan fingerprint density at radius 1 is 1.32 bits per heavy atom. The Hall–Kier alpha value is -1.58. The second-order valence-electron chi connectivity index (χ2n) is 4.89. The molecule has 0 heterocycles. The van der Waals surface area contributed by atoms with Crippen molar-refractivity contribution in [3.63, 3.8) is 0 Å². The number of amides is 2. The first-order chi connectivity index (χ1) is 8.85. The molecule has 0 aliphatic rings. The summed E-state index contributed by atoms with van der Waals surface area (Å²) in [6.45, 7) is 3.37. The number of carbonyl (C=O) groups excluding carboxylic acids is 2. The third-order valence-electron chi connectivity index (χ3n) is 2.64. The van der Waals surface area contributed by atoms with Crippen LogP contribution < -0.4 is 10.6 Å². The fourth-order valence-electron chi connectivity index (χ4n) is 1.20. The molecule has 0 radical (unpaired) electrons. The van der Waals surface area contributed by atoms with Crippen molar-refractivity contribution in [2.45, 2.75) is 32.8 Å². The summed E-state index contributed by atoms with van der Waals surface area (Å²) in [4.78, 5) is 22.8. The molecule has 0 saturated heterocycles. The minimum atomic E-state index is -1.32. The normalized spacial score (nSPS) is 12.4. The zero-order valence-electron chi connectivity index (χ0n) is 11.4. The van der Waals surface area contributed by atoms with Gasteiger partial charge in [0.15, 0.2) is 0 Å². The molecule has 0 aromatic carbocycles. The smallest absolute Gasteiger partial charge is 0.249 e. The van der Waals surface area contributed by atoms with Crippen molar-refractivity contribution in [1.29, 1.82) is 0 Å². The second-order valence-corrected chi connectivity index (χ2v) is 4.89. The van der Waals surface area contributed by atoms with Crippen LogP contribution in [0, 0.1) is 17.8 Å². The van der Waals surface area contributed by atoms with Gasteiger partial charge in [-0.15, -0.1) is 12.3 Å². The summed E-state index contributed by atoms with van der Waals surface area (Å²) in [5, 5.41) is 23.8. The molecule has 0 spiro atoms. The predicted octanol–water partition coefficient (Wildman–Crippen LogP) is -0.988. The van der Waals surface area contributed by atoms with Gasteiger partial charge in [-0.3, -0.25) is 9.59 Å². The van der Waals surface area contributed by atoms with Crippen LogP contribution in [0.15, 0.2) is 0 Å². The SMILES string of the molecule is C#CCCNC(=O)CCNC(=O)[C@H](O)C(C)(C)CO. The average molecular weight is 270 g/mol. The maximum atomic E-state index is 11.6. The Bertz CT molecular complexity index is 347. The van der Waals surface area contributed by atoms with Crippen LogP contribution in [0.2, 0.25) is 0 Å². The van der Waals surface area contributed by atoms with Crippen LogP contribution in [0.25, 0.3) is 0 Å². The van der Waals surface area contributed by atoms with Gasteiger partial charge in [0, 0.05) is 31.3 Å². The first-order valence-corrected chi connectivity index (χ1v) is 6.12. The van der Waals surface area contributed by atoms with Gasteiger partial charge in [-0.1, -0.05) is 13.8 Å². The van der Waals surface area contributed by atoms with E-state index >= 15 is 0 Å². The summed E-state index contributed by atoms with van der Waals surface area (Å²) in [6, 6.07) is 0. The molecule has 6 heteroatoms. The first-order valence-electron chi connectivity index (χ1n) is 6.12. The van der Waals surface area contributed by atoms with Crippen molar-refractivity contribution in [1.82, 2.24) is 10.6 Å². The number of hydrogen-bond acceptors (Lipinski definition) is 4. The zero-order chi connectivity index (χ0) is 14.9. The molecule has 6 nitrogen and oxygen atoms in total. The Morgan fingerprint density at radius 2 is 1.95 bits per heavy atom. The summed E-state index contributed by atoms with van der Waals surface area (Å²) in [7, 11) is 0. The minimum absolute atomic E-state index is 0.114. The monoisotopic (exact) mass is 270 g/mol. The highest BCUT2D eigenvalue weighted by molar-refractivity contribution is 5.82. The third kappa shape index (κ3) is 6.79. The van der Waals surface area contributed by atoms with Crippen LogP contribution in [0.4, 0.5) is 0 Å². The van der Waals surface area contributed by atoms with Gasteiger partial charge in [-0.05, 0) is 0 Å². The molecule has 0 bridgehead atoms. The van der Waals surface area contributed by atoms with E-state index in [0.717, 1.165) is 0 Å². The van der Waals surface area contributed by atoms with E-state index in [-0.39, 0.29) is 25.5 Å². The van der Waals surface area contributed by atoms with Crippen LogP contribution in [-0.2, 0) is 9.59 Å². The van der Waals surface area contributed by atoms with Crippen LogP contribution in [0.5, 0.6) is 0 Å².